The monoisotopic (exact) mass is 292 g/mol. The first-order valence-electron chi connectivity index (χ1n) is 6.56. The van der Waals surface area contributed by atoms with Crippen LogP contribution in [-0.2, 0) is 16.6 Å². The highest BCUT2D eigenvalue weighted by Crippen LogP contribution is 2.24. The van der Waals surface area contributed by atoms with Crippen LogP contribution in [0.1, 0.15) is 17.7 Å². The number of carbonyl (C=O) groups is 1. The Morgan fingerprint density at radius 1 is 1.57 bits per heavy atom. The smallest absolute Gasteiger partial charge is 0.328 e. The second-order valence-electron chi connectivity index (χ2n) is 4.51. The van der Waals surface area contributed by atoms with E-state index in [-0.39, 0.29) is 0 Å². The van der Waals surface area contributed by atoms with Crippen molar-refractivity contribution < 1.29 is 14.6 Å². The van der Waals surface area contributed by atoms with Gasteiger partial charge in [-0.15, -0.1) is 0 Å². The molecule has 0 radical (unpaired) electrons. The molecule has 0 atom stereocenters. The first-order valence-corrected chi connectivity index (χ1v) is 6.56. The van der Waals surface area contributed by atoms with Crippen molar-refractivity contribution in [2.24, 2.45) is 7.05 Å². The first-order chi connectivity index (χ1) is 10.0. The van der Waals surface area contributed by atoms with Crippen molar-refractivity contribution >= 4 is 17.9 Å². The number of carboxylic acid groups (broad SMARTS) is 1. The van der Waals surface area contributed by atoms with E-state index in [1.165, 1.54) is 6.08 Å². The lowest BCUT2D eigenvalue weighted by Gasteiger charge is -2.24. The molecule has 1 aromatic heterocycles. The van der Waals surface area contributed by atoms with Gasteiger partial charge in [0, 0.05) is 38.9 Å². The van der Waals surface area contributed by atoms with Crippen molar-refractivity contribution in [1.29, 1.82) is 5.26 Å². The highest BCUT2D eigenvalue weighted by Gasteiger charge is 2.17. The number of hydrogen-bond donors (Lipinski definition) is 1. The minimum atomic E-state index is -1.01. The van der Waals surface area contributed by atoms with Crippen LogP contribution >= 0.6 is 0 Å². The second-order valence-corrected chi connectivity index (χ2v) is 4.51. The molecule has 0 unspecified atom stereocenters. The van der Waals surface area contributed by atoms with Gasteiger partial charge in [-0.25, -0.2) is 4.79 Å². The van der Waals surface area contributed by atoms with Crippen LogP contribution in [0.3, 0.4) is 0 Å². The molecule has 7 nitrogen and oxygen atoms in total. The molecular formula is C14H20N4O3. The zero-order chi connectivity index (χ0) is 15.8. The van der Waals surface area contributed by atoms with Crippen LogP contribution in [-0.4, -0.2) is 47.7 Å². The Balaban J connectivity index is 3.16. The summed E-state index contributed by atoms with van der Waals surface area (Å²) < 4.78 is 6.79. The van der Waals surface area contributed by atoms with Gasteiger partial charge in [0.15, 0.2) is 0 Å². The molecule has 0 aliphatic heterocycles. The number of ether oxygens (including phenoxy) is 1. The van der Waals surface area contributed by atoms with E-state index < -0.39 is 5.97 Å². The number of nitriles is 1. The van der Waals surface area contributed by atoms with E-state index in [9.17, 15) is 4.79 Å². The molecule has 1 rings (SSSR count). The van der Waals surface area contributed by atoms with Gasteiger partial charge in [0.1, 0.15) is 5.82 Å². The average molecular weight is 292 g/mol. The molecule has 7 heteroatoms. The maximum Gasteiger partial charge on any atom is 0.328 e. The Morgan fingerprint density at radius 3 is 2.86 bits per heavy atom. The maximum absolute atomic E-state index is 10.7. The van der Waals surface area contributed by atoms with Gasteiger partial charge in [0.25, 0.3) is 0 Å². The van der Waals surface area contributed by atoms with Gasteiger partial charge in [-0.3, -0.25) is 4.68 Å². The predicted molar refractivity (Wildman–Crippen MR) is 78.9 cm³/mol. The highest BCUT2D eigenvalue weighted by atomic mass is 16.5. The molecule has 1 N–H and O–H groups in total. The highest BCUT2D eigenvalue weighted by molar-refractivity contribution is 5.87. The van der Waals surface area contributed by atoms with Crippen LogP contribution in [0.25, 0.3) is 6.08 Å². The number of methoxy groups -OCH3 is 1. The normalized spacial score (nSPS) is 10.8. The summed E-state index contributed by atoms with van der Waals surface area (Å²) in [6, 6.07) is 2.12. The maximum atomic E-state index is 10.7. The van der Waals surface area contributed by atoms with Crippen LogP contribution in [0.2, 0.25) is 0 Å². The molecule has 0 saturated carbocycles. The molecule has 1 aromatic rings. The van der Waals surface area contributed by atoms with Crippen LogP contribution in [0.4, 0.5) is 5.82 Å². The number of hydrogen-bond acceptors (Lipinski definition) is 5. The summed E-state index contributed by atoms with van der Waals surface area (Å²) in [5, 5.41) is 21.9. The van der Waals surface area contributed by atoms with E-state index in [1.807, 2.05) is 11.8 Å². The summed E-state index contributed by atoms with van der Waals surface area (Å²) in [5.41, 5.74) is 1.48. The lowest BCUT2D eigenvalue weighted by molar-refractivity contribution is -0.131. The largest absolute Gasteiger partial charge is 0.478 e. The van der Waals surface area contributed by atoms with Gasteiger partial charge in [0.05, 0.1) is 24.8 Å². The van der Waals surface area contributed by atoms with E-state index in [1.54, 1.807) is 18.8 Å². The molecule has 0 spiro atoms. The number of aromatic nitrogens is 2. The molecule has 0 amide bonds. The summed E-state index contributed by atoms with van der Waals surface area (Å²) in [6.07, 6.45) is 2.99. The van der Waals surface area contributed by atoms with Crippen LogP contribution in [0.5, 0.6) is 0 Å². The molecule has 0 aliphatic rings. The van der Waals surface area contributed by atoms with Crippen LogP contribution < -0.4 is 4.90 Å². The number of aliphatic carboxylic acids is 1. The summed E-state index contributed by atoms with van der Waals surface area (Å²) in [4.78, 5) is 12.7. The van der Waals surface area contributed by atoms with Crippen LogP contribution in [0.15, 0.2) is 6.08 Å². The third-order valence-corrected chi connectivity index (χ3v) is 2.99. The summed E-state index contributed by atoms with van der Waals surface area (Å²) >= 11 is 0. The number of anilines is 1. The summed E-state index contributed by atoms with van der Waals surface area (Å²) in [5.74, 6) is -0.220. The Hall–Kier alpha value is -2.33. The number of rotatable bonds is 8. The summed E-state index contributed by atoms with van der Waals surface area (Å²) in [6.45, 7) is 3.47. The lowest BCUT2D eigenvalue weighted by atomic mass is 10.2. The molecular weight excluding hydrogens is 272 g/mol. The Bertz CT molecular complexity index is 557. The van der Waals surface area contributed by atoms with E-state index >= 15 is 0 Å². The molecule has 0 bridgehead atoms. The molecule has 0 saturated heterocycles. The number of carboxylic acids is 1. The molecule has 114 valence electrons. The van der Waals surface area contributed by atoms with Crippen molar-refractivity contribution in [3.8, 4) is 6.07 Å². The van der Waals surface area contributed by atoms with Gasteiger partial charge < -0.3 is 14.7 Å². The van der Waals surface area contributed by atoms with Crippen molar-refractivity contribution in [3.05, 3.63) is 17.3 Å². The minimum absolute atomic E-state index is 0.371. The van der Waals surface area contributed by atoms with Gasteiger partial charge in [-0.1, -0.05) is 0 Å². The Labute approximate surface area is 124 Å². The van der Waals surface area contributed by atoms with E-state index in [2.05, 4.69) is 11.2 Å². The molecule has 0 aliphatic carbocycles. The Kier molecular flexibility index (Phi) is 6.43. The van der Waals surface area contributed by atoms with E-state index in [4.69, 9.17) is 15.1 Å². The van der Waals surface area contributed by atoms with Gasteiger partial charge in [-0.2, -0.15) is 10.4 Å². The van der Waals surface area contributed by atoms with Gasteiger partial charge in [0.2, 0.25) is 0 Å². The molecule has 0 aromatic carbocycles. The zero-order valence-electron chi connectivity index (χ0n) is 12.5. The van der Waals surface area contributed by atoms with Crippen LogP contribution in [0, 0.1) is 18.3 Å². The number of nitrogens with zero attached hydrogens (tertiary/aromatic N) is 4. The first kappa shape index (κ1) is 16.7. The zero-order valence-corrected chi connectivity index (χ0v) is 12.5. The average Bonchev–Trinajstić information content (AvgIpc) is 2.71. The molecule has 0 fully saturated rings. The predicted octanol–water partition coefficient (Wildman–Crippen LogP) is 1.19. The lowest BCUT2D eigenvalue weighted by Crippen LogP contribution is -2.30. The van der Waals surface area contributed by atoms with Crippen molar-refractivity contribution in [1.82, 2.24) is 9.78 Å². The fourth-order valence-electron chi connectivity index (χ4n) is 2.10. The quantitative estimate of drug-likeness (QED) is 0.724. The fraction of sp³-hybridized carbons (Fsp3) is 0.500. The van der Waals surface area contributed by atoms with Gasteiger partial charge in [-0.05, 0) is 13.0 Å². The van der Waals surface area contributed by atoms with Crippen molar-refractivity contribution in [3.63, 3.8) is 0 Å². The third-order valence-electron chi connectivity index (χ3n) is 2.99. The topological polar surface area (TPSA) is 91.4 Å². The van der Waals surface area contributed by atoms with Crippen molar-refractivity contribution in [2.75, 3.05) is 31.7 Å². The van der Waals surface area contributed by atoms with Gasteiger partial charge >= 0.3 is 5.97 Å². The minimum Gasteiger partial charge on any atom is -0.478 e. The molecule has 1 heterocycles. The van der Waals surface area contributed by atoms with E-state index in [0.717, 1.165) is 23.2 Å². The number of aryl methyl sites for hydroxylation is 2. The third kappa shape index (κ3) is 4.61. The Morgan fingerprint density at radius 2 is 2.29 bits per heavy atom. The standard InChI is InChI=1S/C14H20N4O3/c1-11-12(5-6-13(19)20)14(17(2)16-11)18(8-4-7-15)9-10-21-3/h5-6H,4,8-10H2,1-3H3,(H,19,20). The fourth-order valence-corrected chi connectivity index (χ4v) is 2.10. The van der Waals surface area contributed by atoms with E-state index in [0.29, 0.717) is 26.1 Å². The summed E-state index contributed by atoms with van der Waals surface area (Å²) in [7, 11) is 3.41. The van der Waals surface area contributed by atoms with Crippen molar-refractivity contribution in [2.45, 2.75) is 13.3 Å². The second kappa shape index (κ2) is 8.07. The SMILES string of the molecule is COCCN(CCC#N)c1c(C=CC(=O)O)c(C)nn1C. The molecule has 21 heavy (non-hydrogen) atoms.